The Hall–Kier alpha value is -2.31. The van der Waals surface area contributed by atoms with Crippen molar-refractivity contribution in [2.45, 2.75) is 19.8 Å². The summed E-state index contributed by atoms with van der Waals surface area (Å²) >= 11 is 0. The minimum Gasteiger partial charge on any atom is -0.475 e. The maximum atomic E-state index is 10.9. The molecule has 0 amide bonds. The van der Waals surface area contributed by atoms with Gasteiger partial charge < -0.3 is 5.11 Å². The molecule has 0 aromatic carbocycles. The van der Waals surface area contributed by atoms with Crippen molar-refractivity contribution in [2.75, 3.05) is 0 Å². The number of nitrogens with zero attached hydrogens (tertiary/aromatic N) is 5. The summed E-state index contributed by atoms with van der Waals surface area (Å²) in [5.74, 6) is -0.756. The summed E-state index contributed by atoms with van der Waals surface area (Å²) in [6.45, 7) is 3.83. The van der Waals surface area contributed by atoms with Gasteiger partial charge in [0.05, 0.1) is 12.4 Å². The van der Waals surface area contributed by atoms with E-state index in [1.807, 2.05) is 13.8 Å². The molecule has 7 nitrogen and oxygen atoms in total. The minimum atomic E-state index is -1.15. The topological polar surface area (TPSA) is 93.8 Å². The van der Waals surface area contributed by atoms with Crippen LogP contribution in [0.15, 0.2) is 18.7 Å². The molecular formula is C10H11N5O2. The first-order chi connectivity index (χ1) is 8.09. The quantitative estimate of drug-likeness (QED) is 0.845. The minimum absolute atomic E-state index is 0.0517. The van der Waals surface area contributed by atoms with Crippen molar-refractivity contribution in [1.82, 2.24) is 24.7 Å². The number of hydrogen-bond donors (Lipinski definition) is 1. The third kappa shape index (κ3) is 2.12. The van der Waals surface area contributed by atoms with E-state index in [9.17, 15) is 4.79 Å². The molecule has 0 aliphatic rings. The largest absolute Gasteiger partial charge is 0.475 e. The Morgan fingerprint density at radius 1 is 1.35 bits per heavy atom. The molecule has 2 heterocycles. The highest BCUT2D eigenvalue weighted by Gasteiger charge is 2.18. The highest BCUT2D eigenvalue weighted by Crippen LogP contribution is 2.16. The van der Waals surface area contributed by atoms with E-state index in [2.05, 4.69) is 20.1 Å². The zero-order valence-electron chi connectivity index (χ0n) is 9.40. The zero-order valence-corrected chi connectivity index (χ0v) is 9.40. The molecule has 2 aromatic rings. The maximum absolute atomic E-state index is 10.9. The van der Waals surface area contributed by atoms with E-state index in [1.165, 1.54) is 11.0 Å². The van der Waals surface area contributed by atoms with Gasteiger partial charge in [0.25, 0.3) is 5.82 Å². The fourth-order valence-corrected chi connectivity index (χ4v) is 1.38. The van der Waals surface area contributed by atoms with Crippen LogP contribution in [0.25, 0.3) is 5.69 Å². The Labute approximate surface area is 97.2 Å². The SMILES string of the molecule is CC(C)c1nc(C(=O)O)nn1-c1cncnc1. The lowest BCUT2D eigenvalue weighted by Gasteiger charge is -2.06. The third-order valence-electron chi connectivity index (χ3n) is 2.13. The second kappa shape index (κ2) is 4.28. The highest BCUT2D eigenvalue weighted by molar-refractivity contribution is 5.83. The lowest BCUT2D eigenvalue weighted by atomic mass is 10.2. The van der Waals surface area contributed by atoms with Gasteiger partial charge in [0, 0.05) is 5.92 Å². The van der Waals surface area contributed by atoms with Crippen LogP contribution in [0.4, 0.5) is 0 Å². The van der Waals surface area contributed by atoms with Crippen LogP contribution in [0.3, 0.4) is 0 Å². The maximum Gasteiger partial charge on any atom is 0.375 e. The van der Waals surface area contributed by atoms with E-state index < -0.39 is 5.97 Å². The van der Waals surface area contributed by atoms with E-state index in [1.54, 1.807) is 12.4 Å². The lowest BCUT2D eigenvalue weighted by Crippen LogP contribution is -2.05. The van der Waals surface area contributed by atoms with Gasteiger partial charge in [-0.2, -0.15) is 0 Å². The number of carboxylic acid groups (broad SMARTS) is 1. The molecule has 88 valence electrons. The van der Waals surface area contributed by atoms with Gasteiger partial charge in [0.2, 0.25) is 0 Å². The number of carbonyl (C=O) groups is 1. The summed E-state index contributed by atoms with van der Waals surface area (Å²) in [7, 11) is 0. The highest BCUT2D eigenvalue weighted by atomic mass is 16.4. The van der Waals surface area contributed by atoms with Crippen molar-refractivity contribution >= 4 is 5.97 Å². The molecule has 0 fully saturated rings. The number of aromatic carboxylic acids is 1. The van der Waals surface area contributed by atoms with Gasteiger partial charge in [-0.1, -0.05) is 13.8 Å². The van der Waals surface area contributed by atoms with Crippen LogP contribution >= 0.6 is 0 Å². The van der Waals surface area contributed by atoms with Gasteiger partial charge in [0.1, 0.15) is 17.8 Å². The number of hydrogen-bond acceptors (Lipinski definition) is 5. The summed E-state index contributed by atoms with van der Waals surface area (Å²) in [6, 6.07) is 0. The second-order valence-corrected chi connectivity index (χ2v) is 3.76. The predicted octanol–water partition coefficient (Wildman–Crippen LogP) is 0.879. The number of aromatic nitrogens is 5. The summed E-state index contributed by atoms with van der Waals surface area (Å²) in [4.78, 5) is 22.6. The Morgan fingerprint density at radius 2 is 2.00 bits per heavy atom. The van der Waals surface area contributed by atoms with Gasteiger partial charge in [-0.05, 0) is 0 Å². The number of carboxylic acids is 1. The normalized spacial score (nSPS) is 10.8. The third-order valence-corrected chi connectivity index (χ3v) is 2.13. The zero-order chi connectivity index (χ0) is 12.4. The molecule has 0 spiro atoms. The average molecular weight is 233 g/mol. The molecule has 0 bridgehead atoms. The molecule has 2 aromatic heterocycles. The smallest absolute Gasteiger partial charge is 0.375 e. The summed E-state index contributed by atoms with van der Waals surface area (Å²) in [5.41, 5.74) is 0.594. The van der Waals surface area contributed by atoms with E-state index in [-0.39, 0.29) is 11.7 Å². The molecule has 0 saturated carbocycles. The van der Waals surface area contributed by atoms with Gasteiger partial charge in [-0.3, -0.25) is 0 Å². The predicted molar refractivity (Wildman–Crippen MR) is 58.0 cm³/mol. The van der Waals surface area contributed by atoms with Crippen LogP contribution in [-0.2, 0) is 0 Å². The molecule has 17 heavy (non-hydrogen) atoms. The van der Waals surface area contributed by atoms with Crippen molar-refractivity contribution in [1.29, 1.82) is 0 Å². The monoisotopic (exact) mass is 233 g/mol. The molecule has 7 heteroatoms. The first-order valence-corrected chi connectivity index (χ1v) is 5.05. The van der Waals surface area contributed by atoms with E-state index >= 15 is 0 Å². The van der Waals surface area contributed by atoms with Gasteiger partial charge in [-0.15, -0.1) is 5.10 Å². The van der Waals surface area contributed by atoms with E-state index in [0.29, 0.717) is 11.5 Å². The average Bonchev–Trinajstić information content (AvgIpc) is 2.75. The fraction of sp³-hybridized carbons (Fsp3) is 0.300. The Balaban J connectivity index is 2.56. The molecule has 0 saturated heterocycles. The number of rotatable bonds is 3. The van der Waals surface area contributed by atoms with Crippen molar-refractivity contribution in [3.63, 3.8) is 0 Å². The Kier molecular flexibility index (Phi) is 2.82. The molecule has 0 aliphatic heterocycles. The molecule has 1 N–H and O–H groups in total. The molecule has 0 aliphatic carbocycles. The Bertz CT molecular complexity index is 535. The van der Waals surface area contributed by atoms with Crippen LogP contribution in [0.5, 0.6) is 0 Å². The molecular weight excluding hydrogens is 222 g/mol. The first-order valence-electron chi connectivity index (χ1n) is 5.05. The first kappa shape index (κ1) is 11.2. The molecule has 0 atom stereocenters. The van der Waals surface area contributed by atoms with Crippen LogP contribution in [0.2, 0.25) is 0 Å². The van der Waals surface area contributed by atoms with E-state index in [4.69, 9.17) is 5.11 Å². The van der Waals surface area contributed by atoms with Crippen LogP contribution < -0.4 is 0 Å². The molecule has 0 radical (unpaired) electrons. The fourth-order valence-electron chi connectivity index (χ4n) is 1.38. The van der Waals surface area contributed by atoms with Crippen LogP contribution in [0.1, 0.15) is 36.2 Å². The van der Waals surface area contributed by atoms with Gasteiger partial charge in [0.15, 0.2) is 0 Å². The van der Waals surface area contributed by atoms with Crippen molar-refractivity contribution in [3.05, 3.63) is 30.4 Å². The van der Waals surface area contributed by atoms with Crippen LogP contribution in [-0.4, -0.2) is 35.8 Å². The standard InChI is InChI=1S/C10H11N5O2/c1-6(2)9-13-8(10(16)17)14-15(9)7-3-11-5-12-4-7/h3-6H,1-2H3,(H,16,17). The molecule has 0 unspecified atom stereocenters. The molecule has 2 rings (SSSR count). The summed E-state index contributed by atoms with van der Waals surface area (Å²) < 4.78 is 1.45. The van der Waals surface area contributed by atoms with Gasteiger partial charge in [-0.25, -0.2) is 24.4 Å². The van der Waals surface area contributed by atoms with Crippen molar-refractivity contribution in [3.8, 4) is 5.69 Å². The van der Waals surface area contributed by atoms with Crippen molar-refractivity contribution < 1.29 is 9.90 Å². The second-order valence-electron chi connectivity index (χ2n) is 3.76. The van der Waals surface area contributed by atoms with Crippen LogP contribution in [0, 0.1) is 0 Å². The van der Waals surface area contributed by atoms with E-state index in [0.717, 1.165) is 0 Å². The van der Waals surface area contributed by atoms with Crippen molar-refractivity contribution in [2.24, 2.45) is 0 Å². The lowest BCUT2D eigenvalue weighted by molar-refractivity contribution is 0.0683. The summed E-state index contributed by atoms with van der Waals surface area (Å²) in [5, 5.41) is 12.8. The van der Waals surface area contributed by atoms with Gasteiger partial charge >= 0.3 is 5.97 Å². The Morgan fingerprint density at radius 3 is 2.53 bits per heavy atom. The summed E-state index contributed by atoms with van der Waals surface area (Å²) in [6.07, 6.45) is 4.51.